The van der Waals surface area contributed by atoms with E-state index in [4.69, 9.17) is 5.26 Å². The molecule has 0 saturated heterocycles. The molecule has 1 N–H and O–H groups in total. The number of amides is 1. The van der Waals surface area contributed by atoms with E-state index in [-0.39, 0.29) is 28.4 Å². The van der Waals surface area contributed by atoms with Crippen LogP contribution < -0.4 is 5.32 Å². The Bertz CT molecular complexity index is 1760. The minimum atomic E-state index is -4.57. The number of carbonyl (C=O) groups is 1. The van der Waals surface area contributed by atoms with Crippen molar-refractivity contribution in [1.29, 1.82) is 5.26 Å². The van der Waals surface area contributed by atoms with Gasteiger partial charge in [-0.2, -0.15) is 28.5 Å². The predicted octanol–water partition coefficient (Wildman–Crippen LogP) is 5.55. The molecule has 5 aromatic rings. The summed E-state index contributed by atoms with van der Waals surface area (Å²) in [5.74, 6) is -1.14. The van der Waals surface area contributed by atoms with Crippen LogP contribution in [0.5, 0.6) is 0 Å². The fraction of sp³-hybridized carbons (Fsp3) is 0.115. The molecule has 3 aromatic heterocycles. The highest BCUT2D eigenvalue weighted by Crippen LogP contribution is 2.38. The first kappa shape index (κ1) is 24.6. The topological polar surface area (TPSA) is 101 Å². The van der Waals surface area contributed by atoms with E-state index in [9.17, 15) is 22.4 Å². The van der Waals surface area contributed by atoms with Gasteiger partial charge in [0.25, 0.3) is 0 Å². The number of fused-ring (bicyclic) bond motifs is 1. The average Bonchev–Trinajstić information content (AvgIpc) is 3.49. The summed E-state index contributed by atoms with van der Waals surface area (Å²) in [6.07, 6.45) is -1.54. The number of carbonyl (C=O) groups excluding carboxylic acids is 1. The van der Waals surface area contributed by atoms with Crippen LogP contribution in [0.1, 0.15) is 23.6 Å². The third kappa shape index (κ3) is 4.34. The van der Waals surface area contributed by atoms with Gasteiger partial charge < -0.3 is 0 Å². The zero-order valence-electron chi connectivity index (χ0n) is 19.9. The predicted molar refractivity (Wildman–Crippen MR) is 130 cm³/mol. The Morgan fingerprint density at radius 3 is 2.61 bits per heavy atom. The zero-order chi connectivity index (χ0) is 27.2. The lowest BCUT2D eigenvalue weighted by molar-refractivity contribution is -0.137. The van der Waals surface area contributed by atoms with Gasteiger partial charge in [-0.3, -0.25) is 10.1 Å². The van der Waals surface area contributed by atoms with Crippen molar-refractivity contribution >= 4 is 17.5 Å². The van der Waals surface area contributed by atoms with Crippen LogP contribution in [0, 0.1) is 24.1 Å². The first-order valence-electron chi connectivity index (χ1n) is 11.2. The summed E-state index contributed by atoms with van der Waals surface area (Å²) < 4.78 is 58.2. The summed E-state index contributed by atoms with van der Waals surface area (Å²) in [6.45, 7) is 2.98. The third-order valence-corrected chi connectivity index (χ3v) is 5.88. The van der Waals surface area contributed by atoms with Gasteiger partial charge in [-0.05, 0) is 54.4 Å². The maximum atomic E-state index is 14.9. The van der Waals surface area contributed by atoms with Crippen molar-refractivity contribution in [2.24, 2.45) is 0 Å². The summed E-state index contributed by atoms with van der Waals surface area (Å²) >= 11 is 0. The van der Waals surface area contributed by atoms with E-state index in [0.29, 0.717) is 22.4 Å². The Balaban J connectivity index is 1.78. The first-order valence-corrected chi connectivity index (χ1v) is 11.2. The zero-order valence-corrected chi connectivity index (χ0v) is 19.9. The van der Waals surface area contributed by atoms with E-state index >= 15 is 0 Å². The lowest BCUT2D eigenvalue weighted by Gasteiger charge is -2.16. The van der Waals surface area contributed by atoms with Gasteiger partial charge in [0.15, 0.2) is 5.65 Å². The number of hydrogen-bond donors (Lipinski definition) is 1. The fourth-order valence-electron chi connectivity index (χ4n) is 4.22. The van der Waals surface area contributed by atoms with Crippen molar-refractivity contribution in [3.05, 3.63) is 83.4 Å². The van der Waals surface area contributed by atoms with E-state index in [1.807, 2.05) is 6.07 Å². The summed E-state index contributed by atoms with van der Waals surface area (Å²) in [4.78, 5) is 16.0. The minimum Gasteiger partial charge on any atom is -0.293 e. The third-order valence-electron chi connectivity index (χ3n) is 5.88. The van der Waals surface area contributed by atoms with Crippen molar-refractivity contribution in [2.75, 3.05) is 5.32 Å². The number of rotatable bonds is 4. The molecule has 5 rings (SSSR count). The number of nitriles is 1. The van der Waals surface area contributed by atoms with Gasteiger partial charge in [-0.1, -0.05) is 12.1 Å². The monoisotopic (exact) mass is 519 g/mol. The molecule has 0 aliphatic rings. The molecule has 0 aliphatic heterocycles. The summed E-state index contributed by atoms with van der Waals surface area (Å²) in [6, 6.07) is 12.2. The largest absolute Gasteiger partial charge is 0.416 e. The van der Waals surface area contributed by atoms with Crippen molar-refractivity contribution < 1.29 is 22.4 Å². The normalized spacial score (nSPS) is 11.5. The molecule has 12 heteroatoms. The average molecular weight is 519 g/mol. The van der Waals surface area contributed by atoms with Crippen molar-refractivity contribution in [3.8, 4) is 34.1 Å². The first-order chi connectivity index (χ1) is 18.1. The van der Waals surface area contributed by atoms with Gasteiger partial charge in [0, 0.05) is 24.2 Å². The van der Waals surface area contributed by atoms with Gasteiger partial charge in [0.1, 0.15) is 11.5 Å². The van der Waals surface area contributed by atoms with E-state index < -0.39 is 23.5 Å². The SMILES string of the molecule is CC(=O)Nc1nc2c(-c3cccc(C(F)(F)F)c3)c(C)c(-c3ccnn3-c3ccc(C#N)cc3F)cn2n1. The van der Waals surface area contributed by atoms with Gasteiger partial charge in [-0.25, -0.2) is 13.6 Å². The van der Waals surface area contributed by atoms with Gasteiger partial charge in [0.2, 0.25) is 11.9 Å². The van der Waals surface area contributed by atoms with Crippen molar-refractivity contribution in [2.45, 2.75) is 20.0 Å². The highest BCUT2D eigenvalue weighted by molar-refractivity contribution is 5.89. The van der Waals surface area contributed by atoms with E-state index in [1.165, 1.54) is 46.6 Å². The Hall–Kier alpha value is -5.05. The van der Waals surface area contributed by atoms with Gasteiger partial charge in [-0.15, -0.1) is 5.10 Å². The fourth-order valence-corrected chi connectivity index (χ4v) is 4.22. The Morgan fingerprint density at radius 2 is 1.92 bits per heavy atom. The molecule has 0 fully saturated rings. The molecule has 0 bridgehead atoms. The Kier molecular flexibility index (Phi) is 5.91. The number of pyridine rings is 1. The molecule has 0 saturated carbocycles. The summed E-state index contributed by atoms with van der Waals surface area (Å²) in [5, 5.41) is 20.1. The number of alkyl halides is 3. The molecule has 190 valence electrons. The number of halogens is 4. The second-order valence-corrected chi connectivity index (χ2v) is 8.41. The van der Waals surface area contributed by atoms with Crippen molar-refractivity contribution in [3.63, 3.8) is 0 Å². The van der Waals surface area contributed by atoms with Crippen LogP contribution in [0.15, 0.2) is 60.9 Å². The molecule has 38 heavy (non-hydrogen) atoms. The highest BCUT2D eigenvalue weighted by atomic mass is 19.4. The van der Waals surface area contributed by atoms with Crippen LogP contribution in [-0.2, 0) is 11.0 Å². The second kappa shape index (κ2) is 9.11. The number of nitrogens with one attached hydrogen (secondary N) is 1. The van der Waals surface area contributed by atoms with Gasteiger partial charge >= 0.3 is 6.18 Å². The van der Waals surface area contributed by atoms with Crippen LogP contribution in [0.2, 0.25) is 0 Å². The molecule has 0 atom stereocenters. The van der Waals surface area contributed by atoms with Crippen molar-refractivity contribution in [1.82, 2.24) is 24.4 Å². The molecule has 0 radical (unpaired) electrons. The lowest BCUT2D eigenvalue weighted by Crippen LogP contribution is -2.07. The van der Waals surface area contributed by atoms with E-state index in [1.54, 1.807) is 19.2 Å². The molecular weight excluding hydrogens is 502 g/mol. The molecule has 3 heterocycles. The maximum absolute atomic E-state index is 14.9. The van der Waals surface area contributed by atoms with Crippen LogP contribution in [0.4, 0.5) is 23.5 Å². The molecular formula is C26H17F4N7O. The number of hydrogen-bond acceptors (Lipinski definition) is 5. The molecule has 0 aliphatic carbocycles. The number of anilines is 1. The molecule has 1 amide bonds. The molecule has 0 unspecified atom stereocenters. The second-order valence-electron chi connectivity index (χ2n) is 8.41. The van der Waals surface area contributed by atoms with E-state index in [2.05, 4.69) is 20.5 Å². The molecule has 8 nitrogen and oxygen atoms in total. The van der Waals surface area contributed by atoms with Gasteiger partial charge in [0.05, 0.1) is 29.1 Å². The number of benzene rings is 2. The van der Waals surface area contributed by atoms with Crippen LogP contribution in [0.25, 0.3) is 33.7 Å². The van der Waals surface area contributed by atoms with Crippen LogP contribution in [0.3, 0.4) is 0 Å². The minimum absolute atomic E-state index is 0.0334. The lowest BCUT2D eigenvalue weighted by atomic mass is 9.95. The number of aromatic nitrogens is 5. The Morgan fingerprint density at radius 1 is 1.13 bits per heavy atom. The summed E-state index contributed by atoms with van der Waals surface area (Å²) in [7, 11) is 0. The quantitative estimate of drug-likeness (QED) is 0.314. The van der Waals surface area contributed by atoms with Crippen LogP contribution >= 0.6 is 0 Å². The standard InChI is InChI=1S/C26H17F4N7O/c1-14-19(21-8-9-32-37(21)22-7-6-16(12-31)10-20(22)27)13-36-24(34-25(35-36)33-15(2)38)23(14)17-4-3-5-18(11-17)26(28,29)30/h3-11,13H,1-2H3,(H,33,35,38). The number of nitrogens with zero attached hydrogens (tertiary/aromatic N) is 6. The van der Waals surface area contributed by atoms with E-state index in [0.717, 1.165) is 18.2 Å². The molecule has 0 spiro atoms. The van der Waals surface area contributed by atoms with Crippen LogP contribution in [-0.4, -0.2) is 30.3 Å². The smallest absolute Gasteiger partial charge is 0.293 e. The molecule has 2 aromatic carbocycles. The summed E-state index contributed by atoms with van der Waals surface area (Å²) in [5.41, 5.74) is 1.55. The highest BCUT2D eigenvalue weighted by Gasteiger charge is 2.31. The Labute approximate surface area is 212 Å². The maximum Gasteiger partial charge on any atom is 0.416 e.